The van der Waals surface area contributed by atoms with Crippen molar-refractivity contribution >= 4 is 11.6 Å². The maximum Gasteiger partial charge on any atom is 0.149 e. The van der Waals surface area contributed by atoms with Crippen molar-refractivity contribution < 1.29 is 14.3 Å². The lowest BCUT2D eigenvalue weighted by Crippen LogP contribution is -2.32. The lowest BCUT2D eigenvalue weighted by molar-refractivity contribution is -0.122. The highest BCUT2D eigenvalue weighted by Gasteiger charge is 2.34. The summed E-state index contributed by atoms with van der Waals surface area (Å²) in [7, 11) is 4.04. The van der Waals surface area contributed by atoms with E-state index in [1.807, 2.05) is 40.0 Å². The van der Waals surface area contributed by atoms with E-state index < -0.39 is 0 Å². The van der Waals surface area contributed by atoms with Crippen LogP contribution in [0.4, 0.5) is 0 Å². The molecule has 0 saturated carbocycles. The zero-order valence-electron chi connectivity index (χ0n) is 21.3. The summed E-state index contributed by atoms with van der Waals surface area (Å²) in [6.45, 7) is 9.42. The molecule has 0 aromatic heterocycles. The Morgan fingerprint density at radius 3 is 2.27 bits per heavy atom. The van der Waals surface area contributed by atoms with Crippen LogP contribution in [0, 0.1) is 0 Å². The number of hydrogen-bond acceptors (Lipinski definition) is 5. The number of hydrogen-bond donors (Lipinski definition) is 0. The average molecular weight is 455 g/mol. The molecule has 33 heavy (non-hydrogen) atoms. The van der Waals surface area contributed by atoms with E-state index in [0.717, 1.165) is 38.1 Å². The number of Topliss-reactive ketones (excluding diaryl/α,β-unsaturated/α-hetero) is 2. The van der Waals surface area contributed by atoms with Crippen LogP contribution in [0.25, 0.3) is 0 Å². The first-order chi connectivity index (χ1) is 15.8. The molecule has 4 unspecified atom stereocenters. The lowest BCUT2D eigenvalue weighted by Gasteiger charge is -2.16. The number of benzene rings is 1. The van der Waals surface area contributed by atoms with E-state index in [1.54, 1.807) is 6.92 Å². The molecule has 4 atom stereocenters. The molecule has 3 rings (SSSR count). The number of nitrogens with zero attached hydrogens (tertiary/aromatic N) is 2. The van der Waals surface area contributed by atoms with Crippen LogP contribution in [0.15, 0.2) is 54.3 Å². The number of carbonyl (C=O) groups excluding carboxylic acids is 2. The number of carbonyl (C=O) groups is 2. The predicted molar refractivity (Wildman–Crippen MR) is 135 cm³/mol. The first-order valence-corrected chi connectivity index (χ1v) is 12.2. The van der Waals surface area contributed by atoms with Crippen molar-refractivity contribution in [1.82, 2.24) is 9.80 Å². The number of rotatable bonds is 8. The van der Waals surface area contributed by atoms with Gasteiger partial charge in [-0.1, -0.05) is 49.4 Å². The topological polar surface area (TPSA) is 49.9 Å². The number of likely N-dealkylation sites (tertiary alicyclic amines) is 2. The highest BCUT2D eigenvalue weighted by Crippen LogP contribution is 2.31. The Labute approximate surface area is 200 Å². The van der Waals surface area contributed by atoms with Gasteiger partial charge in [0.15, 0.2) is 0 Å². The van der Waals surface area contributed by atoms with Crippen LogP contribution in [0.1, 0.15) is 64.9 Å². The van der Waals surface area contributed by atoms with Crippen molar-refractivity contribution in [3.63, 3.8) is 0 Å². The zero-order chi connectivity index (χ0) is 24.4. The first kappa shape index (κ1) is 27.0. The molecule has 0 radical (unpaired) electrons. The van der Waals surface area contributed by atoms with Crippen LogP contribution < -0.4 is 0 Å². The fourth-order valence-electron chi connectivity index (χ4n) is 4.77. The molecule has 0 spiro atoms. The molecule has 0 aliphatic carbocycles. The lowest BCUT2D eigenvalue weighted by atomic mass is 9.95. The number of ketones is 2. The molecule has 5 nitrogen and oxygen atoms in total. The molecule has 182 valence electrons. The molecule has 1 aromatic rings. The van der Waals surface area contributed by atoms with E-state index in [2.05, 4.69) is 53.3 Å². The van der Waals surface area contributed by atoms with Crippen molar-refractivity contribution in [1.29, 1.82) is 0 Å². The maximum absolute atomic E-state index is 11.8. The second kappa shape index (κ2) is 13.5. The molecule has 1 aromatic carbocycles. The van der Waals surface area contributed by atoms with Crippen molar-refractivity contribution in [3.05, 3.63) is 59.9 Å². The van der Waals surface area contributed by atoms with Crippen LogP contribution in [0.3, 0.4) is 0 Å². The van der Waals surface area contributed by atoms with Crippen molar-refractivity contribution in [2.75, 3.05) is 27.2 Å². The predicted octanol–water partition coefficient (Wildman–Crippen LogP) is 4.99. The van der Waals surface area contributed by atoms with Gasteiger partial charge in [0.1, 0.15) is 17.7 Å². The van der Waals surface area contributed by atoms with Gasteiger partial charge in [-0.25, -0.2) is 0 Å². The summed E-state index contributed by atoms with van der Waals surface area (Å²) in [5.74, 6) is 2.08. The normalized spacial score (nSPS) is 26.3. The molecule has 2 saturated heterocycles. The minimum Gasteiger partial charge on any atom is -0.494 e. The summed E-state index contributed by atoms with van der Waals surface area (Å²) in [6.07, 6.45) is 9.67. The number of ether oxygens (including phenoxy) is 1. The van der Waals surface area contributed by atoms with E-state index in [4.69, 9.17) is 4.74 Å². The largest absolute Gasteiger partial charge is 0.494 e. The summed E-state index contributed by atoms with van der Waals surface area (Å²) in [4.78, 5) is 27.4. The van der Waals surface area contributed by atoms with Gasteiger partial charge in [0.2, 0.25) is 0 Å². The van der Waals surface area contributed by atoms with Gasteiger partial charge in [0.25, 0.3) is 0 Å². The Bertz CT molecular complexity index is 818. The molecule has 5 heteroatoms. The molecule has 2 aliphatic rings. The molecule has 0 amide bonds. The summed E-state index contributed by atoms with van der Waals surface area (Å²) >= 11 is 0. The maximum atomic E-state index is 11.8. The third-order valence-corrected chi connectivity index (χ3v) is 6.65. The van der Waals surface area contributed by atoms with Gasteiger partial charge in [-0.05, 0) is 65.3 Å². The van der Waals surface area contributed by atoms with Gasteiger partial charge >= 0.3 is 0 Å². The molecule has 0 bridgehead atoms. The van der Waals surface area contributed by atoms with Gasteiger partial charge in [-0.2, -0.15) is 0 Å². The van der Waals surface area contributed by atoms with Crippen LogP contribution in [0.5, 0.6) is 0 Å². The first-order valence-electron chi connectivity index (χ1n) is 12.2. The van der Waals surface area contributed by atoms with E-state index in [-0.39, 0.29) is 24.0 Å². The summed E-state index contributed by atoms with van der Waals surface area (Å²) < 4.78 is 5.84. The van der Waals surface area contributed by atoms with E-state index >= 15 is 0 Å². The standard InChI is InChI=1S/C14H23NO2.C14H19NO/c1-5-6-7-8-11(2)17-13-9-14(12(3)16)15(4)10-13;1-3-14(16)13-9-12(10-15(13)2)11-7-5-4-6-8-11/h5-6,8,13-14H,7,9-10H2,1-4H3;4-8,12-13H,3,9-10H2,1-2H3/b6-5-,11-8+;. The third-order valence-electron chi connectivity index (χ3n) is 6.65. The van der Waals surface area contributed by atoms with Crippen LogP contribution in [0.2, 0.25) is 0 Å². The minimum atomic E-state index is 0.0309. The quantitative estimate of drug-likeness (QED) is 0.409. The molecule has 2 fully saturated rings. The molecular formula is C28H42N2O3. The Balaban J connectivity index is 0.000000234. The van der Waals surface area contributed by atoms with E-state index in [0.29, 0.717) is 18.1 Å². The summed E-state index contributed by atoms with van der Waals surface area (Å²) in [5.41, 5.74) is 1.36. The molecule has 2 aliphatic heterocycles. The Kier molecular flexibility index (Phi) is 11.0. The molecule has 2 heterocycles. The number of likely N-dealkylation sites (N-methyl/N-ethyl adjacent to an activating group) is 2. The van der Waals surface area contributed by atoms with E-state index in [1.165, 1.54) is 5.56 Å². The Morgan fingerprint density at radius 2 is 1.70 bits per heavy atom. The van der Waals surface area contributed by atoms with Gasteiger partial charge in [-0.15, -0.1) is 0 Å². The monoisotopic (exact) mass is 454 g/mol. The van der Waals surface area contributed by atoms with Crippen molar-refractivity contribution in [3.8, 4) is 0 Å². The SMILES string of the molecule is C/C=C\C/C=C(\C)OC1CC(C(C)=O)N(C)C1.CCC(=O)C1CC(c2ccccc2)CN1C. The summed E-state index contributed by atoms with van der Waals surface area (Å²) in [5, 5.41) is 0. The highest BCUT2D eigenvalue weighted by molar-refractivity contribution is 5.84. The van der Waals surface area contributed by atoms with Gasteiger partial charge in [0, 0.05) is 25.9 Å². The van der Waals surface area contributed by atoms with Gasteiger partial charge < -0.3 is 4.74 Å². The second-order valence-electron chi connectivity index (χ2n) is 9.28. The van der Waals surface area contributed by atoms with Crippen LogP contribution in [-0.2, 0) is 14.3 Å². The Morgan fingerprint density at radius 1 is 1.03 bits per heavy atom. The number of allylic oxidation sites excluding steroid dienone is 4. The van der Waals surface area contributed by atoms with Crippen LogP contribution in [-0.4, -0.2) is 66.7 Å². The molecule has 0 N–H and O–H groups in total. The van der Waals surface area contributed by atoms with Crippen molar-refractivity contribution in [2.24, 2.45) is 0 Å². The molecular weight excluding hydrogens is 412 g/mol. The Hall–Kier alpha value is -2.24. The van der Waals surface area contributed by atoms with Gasteiger partial charge in [-0.3, -0.25) is 19.4 Å². The van der Waals surface area contributed by atoms with Gasteiger partial charge in [0.05, 0.1) is 17.8 Å². The fourth-order valence-corrected chi connectivity index (χ4v) is 4.77. The van der Waals surface area contributed by atoms with Crippen LogP contribution >= 0.6 is 0 Å². The van der Waals surface area contributed by atoms with Crippen molar-refractivity contribution in [2.45, 2.75) is 77.5 Å². The third kappa shape index (κ3) is 8.24. The fraction of sp³-hybridized carbons (Fsp3) is 0.571. The summed E-state index contributed by atoms with van der Waals surface area (Å²) in [6, 6.07) is 10.7. The average Bonchev–Trinajstić information content (AvgIpc) is 3.36. The minimum absolute atomic E-state index is 0.0309. The smallest absolute Gasteiger partial charge is 0.149 e. The zero-order valence-corrected chi connectivity index (χ0v) is 21.3. The second-order valence-corrected chi connectivity index (χ2v) is 9.28. The highest BCUT2D eigenvalue weighted by atomic mass is 16.5. The van der Waals surface area contributed by atoms with E-state index in [9.17, 15) is 9.59 Å².